The van der Waals surface area contributed by atoms with Crippen molar-refractivity contribution in [3.8, 4) is 11.1 Å². The molecule has 1 saturated carbocycles. The van der Waals surface area contributed by atoms with E-state index in [1.165, 1.54) is 56.5 Å². The summed E-state index contributed by atoms with van der Waals surface area (Å²) in [5.41, 5.74) is 4.16. The zero-order valence-electron chi connectivity index (χ0n) is 34.3. The zero-order valence-corrected chi connectivity index (χ0v) is 36.7. The van der Waals surface area contributed by atoms with E-state index in [0.717, 1.165) is 52.8 Å². The van der Waals surface area contributed by atoms with E-state index < -0.39 is 27.8 Å². The smallest absolute Gasteiger partial charge is 0.326 e. The summed E-state index contributed by atoms with van der Waals surface area (Å²) in [5.74, 6) is 1.31. The average molecular weight is 795 g/mol. The van der Waals surface area contributed by atoms with E-state index in [2.05, 4.69) is 60.5 Å². The number of carboxylic acids is 1. The predicted molar refractivity (Wildman–Crippen MR) is 229 cm³/mol. The molecule has 2 N–H and O–H groups in total. The molecule has 0 radical (unpaired) electrons. The second kappa shape index (κ2) is 26.7. The molecule has 0 aromatic heterocycles. The van der Waals surface area contributed by atoms with Crippen molar-refractivity contribution in [1.29, 1.82) is 0 Å². The zero-order chi connectivity index (χ0) is 40.0. The minimum Gasteiger partial charge on any atom is -0.480 e. The van der Waals surface area contributed by atoms with Gasteiger partial charge in [0, 0.05) is 55.7 Å². The number of nitrogens with one attached hydrogen (secondary N) is 1. The van der Waals surface area contributed by atoms with Crippen LogP contribution in [0.4, 0.5) is 0 Å². The van der Waals surface area contributed by atoms with Crippen molar-refractivity contribution in [3.05, 3.63) is 59.2 Å². The Bertz CT molecular complexity index is 1450. The Labute approximate surface area is 331 Å². The third-order valence-electron chi connectivity index (χ3n) is 9.51. The normalized spacial score (nSPS) is 18.6. The molecule has 2 aliphatic rings. The standard InChI is InChI=1S/C32H44N2O5S2.C6H14S.C2H6O.C2H6/c1-22-9-7-8-12-27(22)29-18-25(13-14-28(29)31(35)33-30(32(36)37)15-16-41(3,38)39)19-34-20-26(17-23(34)2)40-21-24-10-5-4-6-11-24;1-4-6(3)7-5-2;1-3-2;1-2/h7-9,12-14,18,23-24,26,30H,4-6,10-11,15-17,19-21H2,1-3H3,(H,33,35)(H,36,37);6H,4-5H2,1-3H3;1-2H3;1-2H3. The molecule has 1 heterocycles. The van der Waals surface area contributed by atoms with Crippen LogP contribution in [0.5, 0.6) is 0 Å². The first-order chi connectivity index (χ1) is 25.2. The predicted octanol–water partition coefficient (Wildman–Crippen LogP) is 9.38. The maximum atomic E-state index is 13.4. The van der Waals surface area contributed by atoms with Gasteiger partial charge in [0.25, 0.3) is 5.91 Å². The van der Waals surface area contributed by atoms with Crippen LogP contribution in [0, 0.1) is 12.8 Å². The summed E-state index contributed by atoms with van der Waals surface area (Å²) in [6.07, 6.45) is 10.3. The summed E-state index contributed by atoms with van der Waals surface area (Å²) in [6.45, 7) is 16.8. The highest BCUT2D eigenvalue weighted by atomic mass is 32.2. The highest BCUT2D eigenvalue weighted by Crippen LogP contribution is 2.34. The maximum absolute atomic E-state index is 13.4. The van der Waals surface area contributed by atoms with Crippen LogP contribution in [0.2, 0.25) is 0 Å². The lowest BCUT2D eigenvalue weighted by Crippen LogP contribution is -2.42. The van der Waals surface area contributed by atoms with Gasteiger partial charge in [0.05, 0.1) is 5.75 Å². The van der Waals surface area contributed by atoms with E-state index in [1.54, 1.807) is 20.3 Å². The Hall–Kier alpha value is -2.05. The van der Waals surface area contributed by atoms with Crippen LogP contribution in [-0.2, 0) is 25.9 Å². The van der Waals surface area contributed by atoms with Crippen molar-refractivity contribution in [1.82, 2.24) is 10.2 Å². The SMILES string of the molecule is CC.CCSC(C)CC.COC.Cc1ccccc1-c1cc(CN2CC(SCC3CCCCC3)CC2C)ccc1C(=O)NC(CCS(C)(=O)=O)C(=O)O. The number of hydrogen-bond donors (Lipinski definition) is 2. The van der Waals surface area contributed by atoms with E-state index in [4.69, 9.17) is 0 Å². The summed E-state index contributed by atoms with van der Waals surface area (Å²) in [5, 5.41) is 13.7. The van der Waals surface area contributed by atoms with Gasteiger partial charge in [-0.05, 0) is 97.8 Å². The Kier molecular flexibility index (Phi) is 24.7. The number of carboxylic acid groups (broad SMARTS) is 1. The van der Waals surface area contributed by atoms with Crippen LogP contribution in [0.3, 0.4) is 0 Å². The van der Waals surface area contributed by atoms with E-state index in [9.17, 15) is 23.1 Å². The fraction of sp³-hybridized carbons (Fsp3) is 0.667. The molecule has 2 aromatic rings. The molecule has 4 rings (SSSR count). The molecule has 1 aliphatic carbocycles. The van der Waals surface area contributed by atoms with Crippen molar-refractivity contribution >= 4 is 45.2 Å². The lowest BCUT2D eigenvalue weighted by atomic mass is 9.91. The highest BCUT2D eigenvalue weighted by molar-refractivity contribution is 8.00. The highest BCUT2D eigenvalue weighted by Gasteiger charge is 2.31. The van der Waals surface area contributed by atoms with Gasteiger partial charge in [-0.1, -0.05) is 84.2 Å². The molecule has 11 heteroatoms. The molecule has 0 bridgehead atoms. The summed E-state index contributed by atoms with van der Waals surface area (Å²) in [4.78, 5) is 27.8. The molecule has 302 valence electrons. The first kappa shape index (κ1) is 49.0. The number of nitrogens with zero attached hydrogens (tertiary/aromatic N) is 1. The summed E-state index contributed by atoms with van der Waals surface area (Å²) in [6, 6.07) is 12.8. The first-order valence-corrected chi connectivity index (χ1v) is 23.7. The fourth-order valence-electron chi connectivity index (χ4n) is 6.46. The number of thioether (sulfide) groups is 2. The van der Waals surface area contributed by atoms with Gasteiger partial charge in [0.2, 0.25) is 0 Å². The number of likely N-dealkylation sites (tertiary alicyclic amines) is 1. The molecule has 1 saturated heterocycles. The van der Waals surface area contributed by atoms with Crippen molar-refractivity contribution < 1.29 is 27.9 Å². The van der Waals surface area contributed by atoms with Crippen molar-refractivity contribution in [2.75, 3.05) is 44.3 Å². The molecule has 2 fully saturated rings. The van der Waals surface area contributed by atoms with Crippen LogP contribution >= 0.6 is 23.5 Å². The number of rotatable bonds is 15. The molecule has 0 spiro atoms. The second-order valence-corrected chi connectivity index (χ2v) is 19.3. The average Bonchev–Trinajstić information content (AvgIpc) is 3.48. The van der Waals surface area contributed by atoms with Crippen LogP contribution in [0.1, 0.15) is 114 Å². The van der Waals surface area contributed by atoms with Gasteiger partial charge >= 0.3 is 5.97 Å². The third-order valence-corrected chi connectivity index (χ3v) is 13.2. The van der Waals surface area contributed by atoms with Crippen LogP contribution in [0.25, 0.3) is 11.1 Å². The van der Waals surface area contributed by atoms with Crippen molar-refractivity contribution in [2.45, 2.75) is 129 Å². The molecule has 4 unspecified atom stereocenters. The van der Waals surface area contributed by atoms with Gasteiger partial charge < -0.3 is 15.2 Å². The number of amides is 1. The molecule has 1 aliphatic heterocycles. The monoisotopic (exact) mass is 794 g/mol. The second-order valence-electron chi connectivity index (χ2n) is 14.0. The Morgan fingerprint density at radius 1 is 1.04 bits per heavy atom. The molecule has 8 nitrogen and oxygen atoms in total. The molecular formula is C42H70N2O6S3. The summed E-state index contributed by atoms with van der Waals surface area (Å²) < 4.78 is 27.5. The Morgan fingerprint density at radius 3 is 2.23 bits per heavy atom. The largest absolute Gasteiger partial charge is 0.480 e. The first-order valence-electron chi connectivity index (χ1n) is 19.5. The minimum absolute atomic E-state index is 0.190. The van der Waals surface area contributed by atoms with Crippen LogP contribution in [0.15, 0.2) is 42.5 Å². The quantitative estimate of drug-likeness (QED) is 0.182. The van der Waals surface area contributed by atoms with Crippen molar-refractivity contribution in [3.63, 3.8) is 0 Å². The van der Waals surface area contributed by atoms with E-state index in [1.807, 2.05) is 62.9 Å². The van der Waals surface area contributed by atoms with Gasteiger partial charge in [0.1, 0.15) is 15.9 Å². The van der Waals surface area contributed by atoms with E-state index in [-0.39, 0.29) is 12.2 Å². The van der Waals surface area contributed by atoms with Gasteiger partial charge in [-0.15, -0.1) is 0 Å². The number of aliphatic carboxylic acids is 1. The molecule has 53 heavy (non-hydrogen) atoms. The number of benzene rings is 2. The summed E-state index contributed by atoms with van der Waals surface area (Å²) >= 11 is 4.18. The number of ether oxygens (including phenoxy) is 1. The lowest BCUT2D eigenvalue weighted by molar-refractivity contribution is -0.139. The Balaban J connectivity index is 0.00000102. The number of carbonyl (C=O) groups is 2. The van der Waals surface area contributed by atoms with Gasteiger partial charge in [0.15, 0.2) is 0 Å². The summed E-state index contributed by atoms with van der Waals surface area (Å²) in [7, 11) is -0.116. The van der Waals surface area contributed by atoms with Crippen LogP contribution < -0.4 is 5.32 Å². The number of sulfone groups is 1. The maximum Gasteiger partial charge on any atom is 0.326 e. The molecule has 4 atom stereocenters. The minimum atomic E-state index is -3.37. The number of hydrogen-bond acceptors (Lipinski definition) is 8. The van der Waals surface area contributed by atoms with Gasteiger partial charge in [-0.2, -0.15) is 23.5 Å². The van der Waals surface area contributed by atoms with Gasteiger partial charge in [-0.25, -0.2) is 13.2 Å². The van der Waals surface area contributed by atoms with Gasteiger partial charge in [-0.3, -0.25) is 9.69 Å². The molecular weight excluding hydrogens is 725 g/mol. The number of carbonyl (C=O) groups excluding carboxylic acids is 1. The number of aryl methyl sites for hydroxylation is 1. The number of methoxy groups -OCH3 is 1. The lowest BCUT2D eigenvalue weighted by Gasteiger charge is -2.23. The van der Waals surface area contributed by atoms with Crippen molar-refractivity contribution in [2.24, 2.45) is 5.92 Å². The molecule has 2 aromatic carbocycles. The topological polar surface area (TPSA) is 113 Å². The van der Waals surface area contributed by atoms with E-state index >= 15 is 0 Å². The fourth-order valence-corrected chi connectivity index (χ4v) is 9.52. The molecule has 1 amide bonds. The Morgan fingerprint density at radius 2 is 1.68 bits per heavy atom. The third kappa shape index (κ3) is 18.9. The van der Waals surface area contributed by atoms with Crippen LogP contribution in [-0.4, -0.2) is 97.2 Å². The van der Waals surface area contributed by atoms with E-state index in [0.29, 0.717) is 16.9 Å².